The number of urea groups is 1. The minimum atomic E-state index is -0.773. The molecule has 0 aliphatic carbocycles. The van der Waals surface area contributed by atoms with Gasteiger partial charge in [-0.15, -0.1) is 0 Å². The van der Waals surface area contributed by atoms with E-state index in [1.165, 1.54) is 0 Å². The fourth-order valence-corrected chi connectivity index (χ4v) is 2.52. The molecule has 5 nitrogen and oxygen atoms in total. The van der Waals surface area contributed by atoms with E-state index in [0.717, 1.165) is 25.9 Å². The number of carboxylic acid groups (broad SMARTS) is 1. The topological polar surface area (TPSA) is 60.9 Å². The first-order valence-corrected chi connectivity index (χ1v) is 6.62. The lowest BCUT2D eigenvalue weighted by molar-refractivity contribution is -0.138. The Morgan fingerprint density at radius 1 is 1.44 bits per heavy atom. The standard InChI is InChI=1S/C13H24N2O3/c1-10(2)8-14(3)13(18)15-6-4-5-11(9-15)7-12(16)17/h10-11H,4-9H2,1-3H3,(H,16,17). The third-order valence-corrected chi connectivity index (χ3v) is 3.22. The van der Waals surface area contributed by atoms with E-state index in [9.17, 15) is 9.59 Å². The first-order valence-electron chi connectivity index (χ1n) is 6.62. The Balaban J connectivity index is 2.49. The van der Waals surface area contributed by atoms with Crippen LogP contribution in [0.25, 0.3) is 0 Å². The average Bonchev–Trinajstić information content (AvgIpc) is 2.26. The van der Waals surface area contributed by atoms with E-state index >= 15 is 0 Å². The van der Waals surface area contributed by atoms with Crippen LogP contribution in [0.1, 0.15) is 33.1 Å². The quantitative estimate of drug-likeness (QED) is 0.835. The van der Waals surface area contributed by atoms with Crippen LogP contribution in [0.3, 0.4) is 0 Å². The summed E-state index contributed by atoms with van der Waals surface area (Å²) in [5.41, 5.74) is 0. The van der Waals surface area contributed by atoms with E-state index in [1.54, 1.807) is 9.80 Å². The van der Waals surface area contributed by atoms with Gasteiger partial charge in [0, 0.05) is 33.1 Å². The van der Waals surface area contributed by atoms with Crippen LogP contribution in [0.4, 0.5) is 4.79 Å². The van der Waals surface area contributed by atoms with Crippen molar-refractivity contribution >= 4 is 12.0 Å². The number of likely N-dealkylation sites (tertiary alicyclic amines) is 1. The van der Waals surface area contributed by atoms with Crippen molar-refractivity contribution in [2.75, 3.05) is 26.7 Å². The largest absolute Gasteiger partial charge is 0.481 e. The van der Waals surface area contributed by atoms with E-state index in [-0.39, 0.29) is 18.4 Å². The highest BCUT2D eigenvalue weighted by atomic mass is 16.4. The third-order valence-electron chi connectivity index (χ3n) is 3.22. The molecule has 0 aromatic carbocycles. The molecule has 5 heteroatoms. The molecule has 18 heavy (non-hydrogen) atoms. The van der Waals surface area contributed by atoms with E-state index in [4.69, 9.17) is 5.11 Å². The summed E-state index contributed by atoms with van der Waals surface area (Å²) in [6.45, 7) is 6.21. The first kappa shape index (κ1) is 14.8. The van der Waals surface area contributed by atoms with Crippen LogP contribution in [0.2, 0.25) is 0 Å². The van der Waals surface area contributed by atoms with Crippen molar-refractivity contribution in [3.05, 3.63) is 0 Å². The molecule has 0 aromatic heterocycles. The maximum absolute atomic E-state index is 12.2. The molecule has 104 valence electrons. The van der Waals surface area contributed by atoms with E-state index < -0.39 is 5.97 Å². The van der Waals surface area contributed by atoms with Crippen molar-refractivity contribution in [1.29, 1.82) is 0 Å². The number of rotatable bonds is 4. The number of nitrogens with zero attached hydrogens (tertiary/aromatic N) is 2. The third kappa shape index (κ3) is 4.55. The Bertz CT molecular complexity index is 305. The summed E-state index contributed by atoms with van der Waals surface area (Å²) in [5, 5.41) is 8.80. The van der Waals surface area contributed by atoms with Crippen LogP contribution in [-0.2, 0) is 4.79 Å². The Kier molecular flexibility index (Phi) is 5.44. The van der Waals surface area contributed by atoms with Gasteiger partial charge in [0.05, 0.1) is 0 Å². The number of piperidine rings is 1. The highest BCUT2D eigenvalue weighted by Crippen LogP contribution is 2.20. The Labute approximate surface area is 109 Å². The second-order valence-electron chi connectivity index (χ2n) is 5.61. The molecule has 1 atom stereocenters. The summed E-state index contributed by atoms with van der Waals surface area (Å²) in [6, 6.07) is 0.0267. The number of carboxylic acids is 1. The molecule has 2 amide bonds. The molecule has 0 bridgehead atoms. The van der Waals surface area contributed by atoms with Gasteiger partial charge in [-0.25, -0.2) is 4.79 Å². The average molecular weight is 256 g/mol. The van der Waals surface area contributed by atoms with Crippen LogP contribution < -0.4 is 0 Å². The highest BCUT2D eigenvalue weighted by Gasteiger charge is 2.27. The molecule has 1 unspecified atom stereocenters. The second-order valence-corrected chi connectivity index (χ2v) is 5.61. The molecule has 1 aliphatic rings. The van der Waals surface area contributed by atoms with Crippen molar-refractivity contribution in [2.24, 2.45) is 11.8 Å². The molecule has 0 aromatic rings. The molecule has 0 saturated carbocycles. The zero-order chi connectivity index (χ0) is 13.7. The van der Waals surface area contributed by atoms with Gasteiger partial charge < -0.3 is 14.9 Å². The summed E-state index contributed by atoms with van der Waals surface area (Å²) in [6.07, 6.45) is 1.97. The molecule has 1 heterocycles. The van der Waals surface area contributed by atoms with Crippen LogP contribution in [0.5, 0.6) is 0 Å². The zero-order valence-corrected chi connectivity index (χ0v) is 11.6. The lowest BCUT2D eigenvalue weighted by Crippen LogP contribution is -2.47. The summed E-state index contributed by atoms with van der Waals surface area (Å²) < 4.78 is 0. The van der Waals surface area contributed by atoms with E-state index in [2.05, 4.69) is 13.8 Å². The van der Waals surface area contributed by atoms with Gasteiger partial charge in [-0.3, -0.25) is 4.79 Å². The fourth-order valence-electron chi connectivity index (χ4n) is 2.52. The minimum Gasteiger partial charge on any atom is -0.481 e. The SMILES string of the molecule is CC(C)CN(C)C(=O)N1CCCC(CC(=O)O)C1. The highest BCUT2D eigenvalue weighted by molar-refractivity contribution is 5.74. The predicted molar refractivity (Wildman–Crippen MR) is 69.4 cm³/mol. The summed E-state index contributed by atoms with van der Waals surface area (Å²) in [4.78, 5) is 26.4. The fraction of sp³-hybridized carbons (Fsp3) is 0.846. The van der Waals surface area contributed by atoms with Crippen molar-refractivity contribution in [1.82, 2.24) is 9.80 Å². The molecule has 1 saturated heterocycles. The number of aliphatic carboxylic acids is 1. The van der Waals surface area contributed by atoms with Crippen LogP contribution in [-0.4, -0.2) is 53.6 Å². The van der Waals surface area contributed by atoms with Gasteiger partial charge in [-0.1, -0.05) is 13.8 Å². The molecular formula is C13H24N2O3. The Morgan fingerprint density at radius 2 is 2.11 bits per heavy atom. The zero-order valence-electron chi connectivity index (χ0n) is 11.6. The predicted octanol–water partition coefficient (Wildman–Crippen LogP) is 1.88. The summed E-state index contributed by atoms with van der Waals surface area (Å²) in [5.74, 6) is -0.226. The van der Waals surface area contributed by atoms with Gasteiger partial charge in [0.2, 0.25) is 0 Å². The van der Waals surface area contributed by atoms with Gasteiger partial charge in [0.15, 0.2) is 0 Å². The molecule has 1 N–H and O–H groups in total. The van der Waals surface area contributed by atoms with E-state index in [1.807, 2.05) is 7.05 Å². The van der Waals surface area contributed by atoms with Crippen LogP contribution >= 0.6 is 0 Å². The monoisotopic (exact) mass is 256 g/mol. The first-order chi connectivity index (χ1) is 8.40. The van der Waals surface area contributed by atoms with Gasteiger partial charge in [0.1, 0.15) is 0 Å². The van der Waals surface area contributed by atoms with Crippen molar-refractivity contribution in [3.8, 4) is 0 Å². The summed E-state index contributed by atoms with van der Waals surface area (Å²) >= 11 is 0. The Morgan fingerprint density at radius 3 is 2.67 bits per heavy atom. The number of carbonyl (C=O) groups is 2. The summed E-state index contributed by atoms with van der Waals surface area (Å²) in [7, 11) is 1.81. The minimum absolute atomic E-state index is 0.0267. The number of carbonyl (C=O) groups excluding carboxylic acids is 1. The van der Waals surface area contributed by atoms with Gasteiger partial charge in [-0.05, 0) is 24.7 Å². The smallest absolute Gasteiger partial charge is 0.319 e. The van der Waals surface area contributed by atoms with Crippen LogP contribution in [0, 0.1) is 11.8 Å². The van der Waals surface area contributed by atoms with Crippen molar-refractivity contribution < 1.29 is 14.7 Å². The molecule has 1 rings (SSSR count). The maximum atomic E-state index is 12.2. The van der Waals surface area contributed by atoms with Crippen molar-refractivity contribution in [3.63, 3.8) is 0 Å². The number of amides is 2. The normalized spacial score (nSPS) is 20.0. The molecule has 0 spiro atoms. The molecular weight excluding hydrogens is 232 g/mol. The van der Waals surface area contributed by atoms with E-state index in [0.29, 0.717) is 12.5 Å². The molecule has 0 radical (unpaired) electrons. The molecule has 1 aliphatic heterocycles. The molecule has 1 fully saturated rings. The lowest BCUT2D eigenvalue weighted by atomic mass is 9.95. The van der Waals surface area contributed by atoms with Gasteiger partial charge >= 0.3 is 12.0 Å². The second kappa shape index (κ2) is 6.61. The number of hydrogen-bond acceptors (Lipinski definition) is 2. The van der Waals surface area contributed by atoms with Crippen LogP contribution in [0.15, 0.2) is 0 Å². The van der Waals surface area contributed by atoms with Crippen molar-refractivity contribution in [2.45, 2.75) is 33.1 Å². The maximum Gasteiger partial charge on any atom is 0.319 e. The lowest BCUT2D eigenvalue weighted by Gasteiger charge is -2.35. The number of hydrogen-bond donors (Lipinski definition) is 1. The van der Waals surface area contributed by atoms with Gasteiger partial charge in [-0.2, -0.15) is 0 Å². The van der Waals surface area contributed by atoms with Gasteiger partial charge in [0.25, 0.3) is 0 Å². The Hall–Kier alpha value is -1.26.